The van der Waals surface area contributed by atoms with E-state index in [-0.39, 0.29) is 10.7 Å². The molecule has 0 aliphatic carbocycles. The molecule has 0 bridgehead atoms. The first kappa shape index (κ1) is 22.9. The van der Waals surface area contributed by atoms with E-state index in [4.69, 9.17) is 34.7 Å². The lowest BCUT2D eigenvalue weighted by molar-refractivity contribution is 0.583. The molecule has 0 aliphatic heterocycles. The highest BCUT2D eigenvalue weighted by Gasteiger charge is 2.34. The van der Waals surface area contributed by atoms with Crippen LogP contribution in [-0.4, -0.2) is 14.5 Å². The largest absolute Gasteiger partial charge is 0.389 e. The highest BCUT2D eigenvalue weighted by atomic mass is 35.5. The molecular weight excluding hydrogens is 457 g/mol. The summed E-state index contributed by atoms with van der Waals surface area (Å²) in [5.74, 6) is 0. The van der Waals surface area contributed by atoms with E-state index in [1.54, 1.807) is 36.8 Å². The van der Waals surface area contributed by atoms with Crippen molar-refractivity contribution in [2.75, 3.05) is 0 Å². The van der Waals surface area contributed by atoms with Crippen LogP contribution in [0.1, 0.15) is 18.2 Å². The lowest BCUT2D eigenvalue weighted by Gasteiger charge is -2.32. The van der Waals surface area contributed by atoms with E-state index in [0.29, 0.717) is 10.5 Å². The van der Waals surface area contributed by atoms with Gasteiger partial charge in [0.2, 0.25) is 5.56 Å². The molecule has 5 N–H and O–H groups in total. The van der Waals surface area contributed by atoms with Gasteiger partial charge < -0.3 is 21.0 Å². The van der Waals surface area contributed by atoms with E-state index in [0.717, 1.165) is 33.3 Å². The summed E-state index contributed by atoms with van der Waals surface area (Å²) in [5.41, 5.74) is 16.2. The van der Waals surface area contributed by atoms with Crippen LogP contribution in [0.4, 0.5) is 0 Å². The molecule has 1 unspecified atom stereocenters. The Hall–Kier alpha value is -3.32. The Morgan fingerprint density at radius 2 is 1.97 bits per heavy atom. The number of hydrogen-bond acceptors (Lipinski definition) is 4. The third kappa shape index (κ3) is 4.33. The summed E-state index contributed by atoms with van der Waals surface area (Å²) in [6.07, 6.45) is 6.83. The smallest absolute Gasteiger partial charge is 0.249 e. The SMILES string of the molecule is C/C(=C\C=C(/N)Cl)C(N)(c1ccc2[nH]c(=O)cc(-c3cccc(Cl)c3)c2c1)c1cncn1C. The van der Waals surface area contributed by atoms with Crippen LogP contribution in [0.5, 0.6) is 0 Å². The second-order valence-electron chi connectivity index (χ2n) is 7.92. The van der Waals surface area contributed by atoms with Crippen LogP contribution in [-0.2, 0) is 12.6 Å². The summed E-state index contributed by atoms with van der Waals surface area (Å²) in [4.78, 5) is 19.5. The average molecular weight is 480 g/mol. The van der Waals surface area contributed by atoms with Crippen molar-refractivity contribution in [1.82, 2.24) is 14.5 Å². The molecular formula is C25H23Cl2N5O. The number of aromatic amines is 1. The van der Waals surface area contributed by atoms with Crippen LogP contribution in [0.15, 0.2) is 88.7 Å². The minimum Gasteiger partial charge on any atom is -0.389 e. The number of rotatable bonds is 5. The molecule has 0 aliphatic rings. The fraction of sp³-hybridized carbons (Fsp3) is 0.120. The van der Waals surface area contributed by atoms with Crippen LogP contribution >= 0.6 is 23.2 Å². The Kier molecular flexibility index (Phi) is 6.17. The number of hydrogen-bond donors (Lipinski definition) is 3. The molecule has 6 nitrogen and oxygen atoms in total. The number of nitrogens with zero attached hydrogens (tertiary/aromatic N) is 2. The highest BCUT2D eigenvalue weighted by Crippen LogP contribution is 2.37. The second kappa shape index (κ2) is 8.90. The fourth-order valence-corrected chi connectivity index (χ4v) is 4.30. The molecule has 8 heteroatoms. The predicted molar refractivity (Wildman–Crippen MR) is 135 cm³/mol. The minimum atomic E-state index is -1.04. The zero-order chi connectivity index (χ0) is 23.8. The molecule has 0 saturated carbocycles. The monoisotopic (exact) mass is 479 g/mol. The van der Waals surface area contributed by atoms with Crippen molar-refractivity contribution < 1.29 is 0 Å². The van der Waals surface area contributed by atoms with E-state index in [1.807, 2.05) is 54.9 Å². The van der Waals surface area contributed by atoms with Crippen molar-refractivity contribution in [2.45, 2.75) is 12.5 Å². The van der Waals surface area contributed by atoms with Gasteiger partial charge in [-0.1, -0.05) is 47.5 Å². The molecule has 2 heterocycles. The van der Waals surface area contributed by atoms with Gasteiger partial charge >= 0.3 is 0 Å². The lowest BCUT2D eigenvalue weighted by Crippen LogP contribution is -2.41. The van der Waals surface area contributed by atoms with E-state index in [2.05, 4.69) is 9.97 Å². The molecule has 4 rings (SSSR count). The Morgan fingerprint density at radius 3 is 2.64 bits per heavy atom. The molecule has 0 amide bonds. The van der Waals surface area contributed by atoms with Gasteiger partial charge in [-0.05, 0) is 59.5 Å². The fourth-order valence-electron chi connectivity index (χ4n) is 4.04. The van der Waals surface area contributed by atoms with Gasteiger partial charge in [0.1, 0.15) is 5.54 Å². The summed E-state index contributed by atoms with van der Waals surface area (Å²) in [5, 5.41) is 1.58. The van der Waals surface area contributed by atoms with Gasteiger partial charge in [0.05, 0.1) is 23.4 Å². The molecule has 2 aromatic carbocycles. The van der Waals surface area contributed by atoms with E-state index < -0.39 is 5.54 Å². The molecule has 4 aromatic rings. The van der Waals surface area contributed by atoms with Gasteiger partial charge in [-0.2, -0.15) is 0 Å². The number of aromatic nitrogens is 3. The maximum atomic E-state index is 12.4. The van der Waals surface area contributed by atoms with Crippen molar-refractivity contribution >= 4 is 34.1 Å². The number of allylic oxidation sites excluding steroid dienone is 2. The van der Waals surface area contributed by atoms with Crippen LogP contribution < -0.4 is 17.0 Å². The normalized spacial score (nSPS) is 14.5. The standard InChI is InChI=1S/C25H23Cl2N5O/c1-15(6-9-23(27)28)25(29,22-13-30-14-32(22)2)17-7-8-21-20(11-17)19(12-24(33)31-21)16-4-3-5-18(26)10-16/h3-14H,28-29H2,1-2H3,(H,31,33)/b15-6+,23-9-. The van der Waals surface area contributed by atoms with Gasteiger partial charge in [0.25, 0.3) is 0 Å². The van der Waals surface area contributed by atoms with Crippen LogP contribution in [0.25, 0.3) is 22.0 Å². The quantitative estimate of drug-likeness (QED) is 0.283. The van der Waals surface area contributed by atoms with Crippen molar-refractivity contribution in [3.05, 3.63) is 111 Å². The molecule has 168 valence electrons. The second-order valence-corrected chi connectivity index (χ2v) is 8.79. The predicted octanol–water partition coefficient (Wildman–Crippen LogP) is 4.77. The summed E-state index contributed by atoms with van der Waals surface area (Å²) in [7, 11) is 1.89. The van der Waals surface area contributed by atoms with Gasteiger partial charge in [0.15, 0.2) is 0 Å². The third-order valence-corrected chi connectivity index (χ3v) is 6.13. The topological polar surface area (TPSA) is 103 Å². The number of halogens is 2. The molecule has 1 atom stereocenters. The number of pyridine rings is 1. The summed E-state index contributed by atoms with van der Waals surface area (Å²) >= 11 is 12.1. The van der Waals surface area contributed by atoms with E-state index in [1.165, 1.54) is 0 Å². The zero-order valence-corrected chi connectivity index (χ0v) is 19.7. The summed E-state index contributed by atoms with van der Waals surface area (Å²) in [6.45, 7) is 1.91. The van der Waals surface area contributed by atoms with Crippen molar-refractivity contribution in [1.29, 1.82) is 0 Å². The van der Waals surface area contributed by atoms with Crippen LogP contribution in [0, 0.1) is 0 Å². The van der Waals surface area contributed by atoms with Crippen molar-refractivity contribution in [3.63, 3.8) is 0 Å². The molecule has 0 radical (unpaired) electrons. The Morgan fingerprint density at radius 1 is 1.18 bits per heavy atom. The number of nitrogens with two attached hydrogens (primary N) is 2. The van der Waals surface area contributed by atoms with Crippen molar-refractivity contribution in [3.8, 4) is 11.1 Å². The average Bonchev–Trinajstić information content (AvgIpc) is 3.22. The number of aryl methyl sites for hydroxylation is 1. The van der Waals surface area contributed by atoms with Crippen LogP contribution in [0.2, 0.25) is 5.02 Å². The summed E-state index contributed by atoms with van der Waals surface area (Å²) < 4.78 is 1.88. The molecule has 0 fully saturated rings. The molecule has 2 aromatic heterocycles. The van der Waals surface area contributed by atoms with E-state index in [9.17, 15) is 4.79 Å². The lowest BCUT2D eigenvalue weighted by atomic mass is 9.80. The first-order valence-electron chi connectivity index (χ1n) is 10.2. The number of benzene rings is 2. The Balaban J connectivity index is 2.02. The Labute approximate surface area is 201 Å². The molecule has 0 saturated heterocycles. The van der Waals surface area contributed by atoms with Crippen molar-refractivity contribution in [2.24, 2.45) is 18.5 Å². The number of imidazole rings is 1. The van der Waals surface area contributed by atoms with E-state index >= 15 is 0 Å². The van der Waals surface area contributed by atoms with Gasteiger partial charge in [0, 0.05) is 29.0 Å². The van der Waals surface area contributed by atoms with Gasteiger partial charge in [-0.3, -0.25) is 4.79 Å². The highest BCUT2D eigenvalue weighted by molar-refractivity contribution is 6.31. The minimum absolute atomic E-state index is 0.154. The third-order valence-electron chi connectivity index (χ3n) is 5.77. The summed E-state index contributed by atoms with van der Waals surface area (Å²) in [6, 6.07) is 14.7. The molecule has 33 heavy (non-hydrogen) atoms. The Bertz CT molecular complexity index is 1460. The maximum Gasteiger partial charge on any atom is 0.249 e. The number of nitrogens with one attached hydrogen (secondary N) is 1. The first-order valence-corrected chi connectivity index (χ1v) is 10.9. The van der Waals surface area contributed by atoms with Gasteiger partial charge in [-0.15, -0.1) is 0 Å². The van der Waals surface area contributed by atoms with Crippen LogP contribution in [0.3, 0.4) is 0 Å². The molecule has 0 spiro atoms. The van der Waals surface area contributed by atoms with Gasteiger partial charge in [-0.25, -0.2) is 4.98 Å². The maximum absolute atomic E-state index is 12.4. The first-order chi connectivity index (χ1) is 15.7. The number of fused-ring (bicyclic) bond motifs is 1. The number of H-pyrrole nitrogens is 1. The zero-order valence-electron chi connectivity index (χ0n) is 18.1.